The number of β-amino-alcohol motifs (C(OH)–C–C–N with tert-alkyl or cyclic N) is 1. The average Bonchev–Trinajstić information content (AvgIpc) is 2.62. The Morgan fingerprint density at radius 1 is 1.00 bits per heavy atom. The molecule has 0 saturated carbocycles. The lowest BCUT2D eigenvalue weighted by Crippen LogP contribution is -2.49. The van der Waals surface area contributed by atoms with Gasteiger partial charge in [-0.1, -0.05) is 18.2 Å². The molecule has 0 bridgehead atoms. The van der Waals surface area contributed by atoms with Crippen molar-refractivity contribution in [3.63, 3.8) is 0 Å². The number of piperazine rings is 1. The van der Waals surface area contributed by atoms with E-state index in [1.807, 2.05) is 6.07 Å². The van der Waals surface area contributed by atoms with Crippen LogP contribution >= 0.6 is 0 Å². The third-order valence-electron chi connectivity index (χ3n) is 3.54. The van der Waals surface area contributed by atoms with Gasteiger partial charge in [-0.25, -0.2) is 9.59 Å². The molecule has 1 aliphatic rings. The van der Waals surface area contributed by atoms with E-state index in [1.165, 1.54) is 5.69 Å². The SMILES string of the molecule is O=C(O)/C=C\C(=O)O.OCC(O)CN1CCN(c2ccccc2)CC1. The molecule has 1 aromatic carbocycles. The molecule has 8 heteroatoms. The molecule has 1 aromatic rings. The molecule has 1 saturated heterocycles. The van der Waals surface area contributed by atoms with Gasteiger partial charge in [0.25, 0.3) is 0 Å². The van der Waals surface area contributed by atoms with Crippen LogP contribution in [0.4, 0.5) is 5.69 Å². The van der Waals surface area contributed by atoms with Gasteiger partial charge in [0.1, 0.15) is 0 Å². The summed E-state index contributed by atoms with van der Waals surface area (Å²) in [5.41, 5.74) is 1.26. The minimum absolute atomic E-state index is 0.154. The second-order valence-electron chi connectivity index (χ2n) is 5.47. The number of hydrogen-bond donors (Lipinski definition) is 4. The van der Waals surface area contributed by atoms with Crippen LogP contribution in [0.5, 0.6) is 0 Å². The summed E-state index contributed by atoms with van der Waals surface area (Å²) in [6.07, 6.45) is 0.503. The maximum Gasteiger partial charge on any atom is 0.328 e. The molecular weight excluding hydrogens is 328 g/mol. The lowest BCUT2D eigenvalue weighted by atomic mass is 10.2. The van der Waals surface area contributed by atoms with Crippen LogP contribution in [0.3, 0.4) is 0 Å². The van der Waals surface area contributed by atoms with Crippen molar-refractivity contribution in [2.24, 2.45) is 0 Å². The van der Waals surface area contributed by atoms with Crippen molar-refractivity contribution in [1.82, 2.24) is 4.90 Å². The number of hydrogen-bond acceptors (Lipinski definition) is 6. The highest BCUT2D eigenvalue weighted by molar-refractivity contribution is 5.89. The average molecular weight is 352 g/mol. The number of aliphatic hydroxyl groups is 2. The van der Waals surface area contributed by atoms with Crippen LogP contribution in [0.15, 0.2) is 42.5 Å². The quantitative estimate of drug-likeness (QED) is 0.523. The second-order valence-corrected chi connectivity index (χ2v) is 5.47. The summed E-state index contributed by atoms with van der Waals surface area (Å²) in [6.45, 7) is 4.24. The molecule has 0 aliphatic carbocycles. The van der Waals surface area contributed by atoms with Crippen LogP contribution in [0.25, 0.3) is 0 Å². The van der Waals surface area contributed by atoms with Crippen LogP contribution < -0.4 is 4.90 Å². The van der Waals surface area contributed by atoms with Crippen LogP contribution in [0.1, 0.15) is 0 Å². The van der Waals surface area contributed by atoms with Crippen molar-refractivity contribution in [3.8, 4) is 0 Å². The Bertz CT molecular complexity index is 540. The predicted molar refractivity (Wildman–Crippen MR) is 92.6 cm³/mol. The summed E-state index contributed by atoms with van der Waals surface area (Å²) >= 11 is 0. The van der Waals surface area contributed by atoms with E-state index in [0.717, 1.165) is 26.2 Å². The van der Waals surface area contributed by atoms with Gasteiger partial charge in [-0.3, -0.25) is 4.90 Å². The lowest BCUT2D eigenvalue weighted by Gasteiger charge is -2.36. The van der Waals surface area contributed by atoms with Gasteiger partial charge in [-0.05, 0) is 12.1 Å². The summed E-state index contributed by atoms with van der Waals surface area (Å²) in [7, 11) is 0. The lowest BCUT2D eigenvalue weighted by molar-refractivity contribution is -0.134. The van der Waals surface area contributed by atoms with Crippen LogP contribution in [-0.4, -0.2) is 82.7 Å². The molecule has 2 rings (SSSR count). The highest BCUT2D eigenvalue weighted by Gasteiger charge is 2.18. The number of nitrogens with zero attached hydrogens (tertiary/aromatic N) is 2. The molecule has 1 fully saturated rings. The van der Waals surface area contributed by atoms with Gasteiger partial charge in [0.15, 0.2) is 0 Å². The Morgan fingerprint density at radius 2 is 1.52 bits per heavy atom. The molecule has 138 valence electrons. The van der Waals surface area contributed by atoms with Crippen LogP contribution in [0.2, 0.25) is 0 Å². The van der Waals surface area contributed by atoms with Crippen molar-refractivity contribution in [3.05, 3.63) is 42.5 Å². The van der Waals surface area contributed by atoms with Gasteiger partial charge in [-0.15, -0.1) is 0 Å². The third kappa shape index (κ3) is 8.85. The topological polar surface area (TPSA) is 122 Å². The third-order valence-corrected chi connectivity index (χ3v) is 3.54. The zero-order valence-corrected chi connectivity index (χ0v) is 13.9. The van der Waals surface area contributed by atoms with E-state index in [9.17, 15) is 14.7 Å². The van der Waals surface area contributed by atoms with E-state index in [-0.39, 0.29) is 6.61 Å². The first-order valence-corrected chi connectivity index (χ1v) is 7.87. The van der Waals surface area contributed by atoms with Gasteiger partial charge >= 0.3 is 11.9 Å². The molecule has 0 amide bonds. The fraction of sp³-hybridized carbons (Fsp3) is 0.412. The number of benzene rings is 1. The molecular formula is C17H24N2O6. The maximum atomic E-state index is 9.55. The van der Waals surface area contributed by atoms with E-state index in [0.29, 0.717) is 18.7 Å². The monoisotopic (exact) mass is 352 g/mol. The molecule has 0 aromatic heterocycles. The number of carbonyl (C=O) groups is 2. The molecule has 1 heterocycles. The predicted octanol–water partition coefficient (Wildman–Crippen LogP) is -0.126. The van der Waals surface area contributed by atoms with E-state index < -0.39 is 18.0 Å². The number of para-hydroxylation sites is 1. The van der Waals surface area contributed by atoms with E-state index in [1.54, 1.807) is 0 Å². The minimum atomic E-state index is -1.26. The first-order chi connectivity index (χ1) is 11.9. The van der Waals surface area contributed by atoms with Crippen molar-refractivity contribution >= 4 is 17.6 Å². The number of carboxylic acids is 2. The van der Waals surface area contributed by atoms with Crippen LogP contribution in [0, 0.1) is 0 Å². The largest absolute Gasteiger partial charge is 0.478 e. The van der Waals surface area contributed by atoms with Gasteiger partial charge < -0.3 is 25.3 Å². The maximum absolute atomic E-state index is 9.55. The molecule has 25 heavy (non-hydrogen) atoms. The van der Waals surface area contributed by atoms with Gasteiger partial charge in [0.2, 0.25) is 0 Å². The molecule has 0 spiro atoms. The number of carboxylic acid groups (broad SMARTS) is 2. The van der Waals surface area contributed by atoms with Crippen molar-refractivity contribution in [2.75, 3.05) is 44.2 Å². The van der Waals surface area contributed by atoms with Crippen molar-refractivity contribution in [2.45, 2.75) is 6.10 Å². The minimum Gasteiger partial charge on any atom is -0.478 e. The molecule has 0 radical (unpaired) electrons. The van der Waals surface area contributed by atoms with Gasteiger partial charge in [-0.2, -0.15) is 0 Å². The van der Waals surface area contributed by atoms with Crippen molar-refractivity contribution < 1.29 is 30.0 Å². The summed E-state index contributed by atoms with van der Waals surface area (Å²) in [4.78, 5) is 23.7. The molecule has 4 N–H and O–H groups in total. The zero-order chi connectivity index (χ0) is 18.7. The summed E-state index contributed by atoms with van der Waals surface area (Å²) in [5.74, 6) is -2.51. The van der Waals surface area contributed by atoms with E-state index in [4.69, 9.17) is 15.3 Å². The van der Waals surface area contributed by atoms with Gasteiger partial charge in [0, 0.05) is 50.6 Å². The molecule has 8 nitrogen and oxygen atoms in total. The Balaban J connectivity index is 0.000000333. The van der Waals surface area contributed by atoms with Crippen molar-refractivity contribution in [1.29, 1.82) is 0 Å². The van der Waals surface area contributed by atoms with E-state index >= 15 is 0 Å². The number of rotatable bonds is 6. The Morgan fingerprint density at radius 3 is 1.96 bits per heavy atom. The smallest absolute Gasteiger partial charge is 0.328 e. The Hall–Kier alpha value is -2.42. The van der Waals surface area contributed by atoms with Gasteiger partial charge in [0.05, 0.1) is 12.7 Å². The fourth-order valence-corrected chi connectivity index (χ4v) is 2.33. The first-order valence-electron chi connectivity index (χ1n) is 7.87. The zero-order valence-electron chi connectivity index (χ0n) is 13.9. The first kappa shape index (κ1) is 20.6. The summed E-state index contributed by atoms with van der Waals surface area (Å²) < 4.78 is 0. The molecule has 1 aliphatic heterocycles. The number of aliphatic carboxylic acids is 2. The highest BCUT2D eigenvalue weighted by atomic mass is 16.4. The fourth-order valence-electron chi connectivity index (χ4n) is 2.33. The van der Waals surface area contributed by atoms with E-state index in [2.05, 4.69) is 34.1 Å². The molecule has 1 unspecified atom stereocenters. The summed E-state index contributed by atoms with van der Waals surface area (Å²) in [6, 6.07) is 10.4. The second kappa shape index (κ2) is 11.2. The number of anilines is 1. The highest BCUT2D eigenvalue weighted by Crippen LogP contribution is 2.15. The number of aliphatic hydroxyl groups excluding tert-OH is 2. The standard InChI is InChI=1S/C13H20N2O2.C4H4O4/c16-11-13(17)10-14-6-8-15(9-7-14)12-4-2-1-3-5-12;5-3(6)1-2-4(7)8/h1-5,13,16-17H,6-11H2;1-2H,(H,5,6)(H,7,8)/b;2-1-. The Kier molecular flexibility index (Phi) is 9.23. The van der Waals surface area contributed by atoms with Crippen LogP contribution in [-0.2, 0) is 9.59 Å². The Labute approximate surface area is 146 Å². The molecule has 1 atom stereocenters. The summed E-state index contributed by atoms with van der Waals surface area (Å²) in [5, 5.41) is 33.8. The normalized spacial score (nSPS) is 16.2.